The molecule has 3 heterocycles. The van der Waals surface area contributed by atoms with Gasteiger partial charge >= 0.3 is 0 Å². The number of carbonyl (C=O) groups is 5. The summed E-state index contributed by atoms with van der Waals surface area (Å²) in [5, 5.41) is 11.3. The van der Waals surface area contributed by atoms with Crippen molar-refractivity contribution in [3.05, 3.63) is 114 Å². The summed E-state index contributed by atoms with van der Waals surface area (Å²) < 4.78 is 17.2. The molecule has 0 saturated heterocycles. The topological polar surface area (TPSA) is 177 Å². The number of hydrogen-bond donors (Lipinski definition) is 4. The molecule has 55 heavy (non-hydrogen) atoms. The average molecular weight is 751 g/mol. The van der Waals surface area contributed by atoms with Crippen LogP contribution in [0.5, 0.6) is 23.0 Å². The molecule has 0 spiro atoms. The Morgan fingerprint density at radius 1 is 0.873 bits per heavy atom. The van der Waals surface area contributed by atoms with Gasteiger partial charge in [-0.1, -0.05) is 30.3 Å². The van der Waals surface area contributed by atoms with Crippen molar-refractivity contribution in [2.75, 3.05) is 33.9 Å². The zero-order chi connectivity index (χ0) is 39.2. The van der Waals surface area contributed by atoms with Gasteiger partial charge in [0.05, 0.1) is 26.3 Å². The highest BCUT2D eigenvalue weighted by molar-refractivity contribution is 5.97. The van der Waals surface area contributed by atoms with Crippen LogP contribution in [0.25, 0.3) is 0 Å². The van der Waals surface area contributed by atoms with Crippen LogP contribution in [0.15, 0.2) is 91.3 Å². The number of hydrogen-bond acceptors (Lipinski definition) is 9. The lowest BCUT2D eigenvalue weighted by atomic mass is 10.0. The lowest BCUT2D eigenvalue weighted by Crippen LogP contribution is -2.54. The summed E-state index contributed by atoms with van der Waals surface area (Å²) in [5.41, 5.74) is 2.26. The van der Waals surface area contributed by atoms with Gasteiger partial charge in [0.1, 0.15) is 23.6 Å². The van der Waals surface area contributed by atoms with Crippen molar-refractivity contribution < 1.29 is 38.2 Å². The van der Waals surface area contributed by atoms with Crippen LogP contribution < -0.4 is 35.5 Å². The molecule has 0 aliphatic carbocycles. The molecule has 4 aromatic rings. The summed E-state index contributed by atoms with van der Waals surface area (Å²) in [7, 11) is 2.99. The predicted octanol–water partition coefficient (Wildman–Crippen LogP) is 3.80. The first-order chi connectivity index (χ1) is 26.6. The van der Waals surface area contributed by atoms with E-state index >= 15 is 0 Å². The van der Waals surface area contributed by atoms with E-state index in [1.807, 2.05) is 30.3 Å². The minimum atomic E-state index is -1.01. The SMILES string of the molecule is COc1cc2ccc1CNC(=O)[C@H](C)NC(=O)[C@H](CCc1ccccc1)NC(=O)CN(C(=O)c1cccnc1)CCCCNC(=O)c1ccc(OC)c(c1)O2. The largest absolute Gasteiger partial charge is 0.496 e. The number of rotatable bonds is 6. The Morgan fingerprint density at radius 3 is 2.42 bits per heavy atom. The van der Waals surface area contributed by atoms with Gasteiger partial charge in [-0.25, -0.2) is 0 Å². The fraction of sp³-hybridized carbons (Fsp3) is 0.317. The van der Waals surface area contributed by atoms with Gasteiger partial charge in [0, 0.05) is 49.2 Å². The minimum Gasteiger partial charge on any atom is -0.496 e. The summed E-state index contributed by atoms with van der Waals surface area (Å²) in [6, 6.07) is 20.7. The Hall–Kier alpha value is -6.44. The third-order valence-electron chi connectivity index (χ3n) is 9.00. The van der Waals surface area contributed by atoms with Crippen LogP contribution in [0.1, 0.15) is 58.0 Å². The summed E-state index contributed by atoms with van der Waals surface area (Å²) in [6.07, 6.45) is 4.64. The van der Waals surface area contributed by atoms with E-state index in [4.69, 9.17) is 14.2 Å². The van der Waals surface area contributed by atoms with Crippen molar-refractivity contribution >= 4 is 29.5 Å². The molecule has 14 nitrogen and oxygen atoms in total. The van der Waals surface area contributed by atoms with Crippen LogP contribution in [-0.2, 0) is 27.3 Å². The fourth-order valence-corrected chi connectivity index (χ4v) is 5.97. The maximum absolute atomic E-state index is 13.7. The molecule has 2 aliphatic rings. The number of aromatic nitrogens is 1. The van der Waals surface area contributed by atoms with Crippen LogP contribution in [0.3, 0.4) is 0 Å². The monoisotopic (exact) mass is 750 g/mol. The molecule has 0 unspecified atom stereocenters. The van der Waals surface area contributed by atoms with E-state index in [-0.39, 0.29) is 32.0 Å². The van der Waals surface area contributed by atoms with Gasteiger partial charge in [0.15, 0.2) is 11.5 Å². The normalized spacial score (nSPS) is 17.6. The smallest absolute Gasteiger partial charge is 0.255 e. The highest BCUT2D eigenvalue weighted by Crippen LogP contribution is 2.35. The summed E-state index contributed by atoms with van der Waals surface area (Å²) in [5.74, 6) is -0.734. The zero-order valence-corrected chi connectivity index (χ0v) is 31.1. The summed E-state index contributed by atoms with van der Waals surface area (Å²) in [6.45, 7) is 1.79. The minimum absolute atomic E-state index is 0.0798. The Balaban J connectivity index is 1.40. The molecule has 4 bridgehead atoms. The van der Waals surface area contributed by atoms with Crippen molar-refractivity contribution in [1.29, 1.82) is 0 Å². The molecular formula is C41H46N6O8. The Morgan fingerprint density at radius 2 is 1.67 bits per heavy atom. The van der Waals surface area contributed by atoms with Crippen LogP contribution >= 0.6 is 0 Å². The predicted molar refractivity (Wildman–Crippen MR) is 204 cm³/mol. The Labute approximate surface area is 319 Å². The maximum Gasteiger partial charge on any atom is 0.255 e. The highest BCUT2D eigenvalue weighted by atomic mass is 16.5. The third kappa shape index (κ3) is 11.3. The first-order valence-electron chi connectivity index (χ1n) is 18.1. The standard InChI is InChI=1S/C41H46N6O8/c1-27-38(49)44-25-30-14-16-32(23-35(30)54-3)55-36-22-29(15-18-34(36)53-2)39(50)43-20-7-8-21-47(41(52)31-12-9-19-42-24-31)26-37(48)46-33(40(51)45-27)17-13-28-10-5-4-6-11-28/h4-6,9-12,14-16,18-19,22-24,27,33H,7-8,13,17,20-21,25-26H2,1-3H3,(H,43,50)(H,44,49)(H,45,51)(H,46,48)/t27-,33-/m0/s1. The number of methoxy groups -OCH3 is 2. The molecule has 0 radical (unpaired) electrons. The number of amides is 5. The Kier molecular flexibility index (Phi) is 14.2. The second kappa shape index (κ2) is 19.6. The summed E-state index contributed by atoms with van der Waals surface area (Å²) in [4.78, 5) is 72.7. The number of carbonyl (C=O) groups excluding carboxylic acids is 5. The number of aryl methyl sites for hydroxylation is 1. The van der Waals surface area contributed by atoms with Crippen LogP contribution in [0, 0.1) is 0 Å². The van der Waals surface area contributed by atoms with Crippen LogP contribution in [-0.4, -0.2) is 85.4 Å². The van der Waals surface area contributed by atoms with E-state index in [2.05, 4.69) is 26.3 Å². The lowest BCUT2D eigenvalue weighted by Gasteiger charge is -2.25. The second-order valence-corrected chi connectivity index (χ2v) is 13.0. The molecular weight excluding hydrogens is 704 g/mol. The van der Waals surface area contributed by atoms with Gasteiger partial charge in [-0.15, -0.1) is 0 Å². The lowest BCUT2D eigenvalue weighted by molar-refractivity contribution is -0.132. The summed E-state index contributed by atoms with van der Waals surface area (Å²) >= 11 is 0. The quantitative estimate of drug-likeness (QED) is 0.214. The van der Waals surface area contributed by atoms with Gasteiger partial charge in [-0.05, 0) is 80.6 Å². The fourth-order valence-electron chi connectivity index (χ4n) is 5.97. The van der Waals surface area contributed by atoms with Crippen molar-refractivity contribution in [2.24, 2.45) is 0 Å². The second-order valence-electron chi connectivity index (χ2n) is 13.0. The average Bonchev–Trinajstić information content (AvgIpc) is 3.20. The van der Waals surface area contributed by atoms with E-state index in [0.717, 1.165) is 5.56 Å². The number of nitrogens with one attached hydrogen (secondary N) is 4. The van der Waals surface area contributed by atoms with E-state index in [1.165, 1.54) is 25.3 Å². The van der Waals surface area contributed by atoms with Crippen LogP contribution in [0.4, 0.5) is 0 Å². The van der Waals surface area contributed by atoms with Gasteiger partial charge in [0.25, 0.3) is 11.8 Å². The molecule has 2 atom stereocenters. The molecule has 1 aromatic heterocycles. The molecule has 3 aromatic carbocycles. The number of benzene rings is 3. The van der Waals surface area contributed by atoms with Crippen molar-refractivity contribution in [1.82, 2.24) is 31.2 Å². The van der Waals surface area contributed by atoms with Gasteiger partial charge in [-0.2, -0.15) is 0 Å². The molecule has 4 N–H and O–H groups in total. The first-order valence-corrected chi connectivity index (χ1v) is 18.1. The molecule has 6 rings (SSSR count). The van der Waals surface area contributed by atoms with E-state index in [9.17, 15) is 24.0 Å². The molecule has 14 heteroatoms. The van der Waals surface area contributed by atoms with E-state index in [1.54, 1.807) is 61.7 Å². The molecule has 2 aliphatic heterocycles. The zero-order valence-electron chi connectivity index (χ0n) is 31.1. The number of nitrogens with zero attached hydrogens (tertiary/aromatic N) is 2. The van der Waals surface area contributed by atoms with Crippen LogP contribution in [0.2, 0.25) is 0 Å². The number of pyridine rings is 1. The van der Waals surface area contributed by atoms with E-state index < -0.39 is 35.7 Å². The molecule has 5 amide bonds. The number of fused-ring (bicyclic) bond motifs is 18. The van der Waals surface area contributed by atoms with Crippen molar-refractivity contribution in [3.8, 4) is 23.0 Å². The highest BCUT2D eigenvalue weighted by Gasteiger charge is 2.27. The van der Waals surface area contributed by atoms with Crippen molar-refractivity contribution in [2.45, 2.75) is 51.2 Å². The number of ether oxygens (including phenoxy) is 3. The van der Waals surface area contributed by atoms with Gasteiger partial charge < -0.3 is 40.4 Å². The van der Waals surface area contributed by atoms with Gasteiger partial charge in [-0.3, -0.25) is 29.0 Å². The first kappa shape index (κ1) is 39.8. The molecule has 288 valence electrons. The van der Waals surface area contributed by atoms with Crippen molar-refractivity contribution in [3.63, 3.8) is 0 Å². The third-order valence-corrected chi connectivity index (χ3v) is 9.00. The van der Waals surface area contributed by atoms with E-state index in [0.29, 0.717) is 65.5 Å². The molecule has 0 fully saturated rings. The Bertz CT molecular complexity index is 1960. The van der Waals surface area contributed by atoms with Gasteiger partial charge in [0.2, 0.25) is 17.7 Å². The molecule has 0 saturated carbocycles. The maximum atomic E-state index is 13.7.